The average molecular weight is 237 g/mol. The first-order valence-corrected chi connectivity index (χ1v) is 6.72. The first-order chi connectivity index (χ1) is 8.81. The Kier molecular flexibility index (Phi) is 3.06. The lowest BCUT2D eigenvalue weighted by Gasteiger charge is -2.18. The van der Waals surface area contributed by atoms with E-state index in [0.29, 0.717) is 0 Å². The van der Waals surface area contributed by atoms with Gasteiger partial charge in [0.1, 0.15) is 0 Å². The minimum absolute atomic E-state index is 1.04. The molecule has 1 aliphatic heterocycles. The van der Waals surface area contributed by atoms with Crippen LogP contribution >= 0.6 is 0 Å². The smallest absolute Gasteiger partial charge is 0.0372 e. The van der Waals surface area contributed by atoms with E-state index in [4.69, 9.17) is 0 Å². The molecule has 3 rings (SSSR count). The van der Waals surface area contributed by atoms with Crippen molar-refractivity contribution in [3.05, 3.63) is 64.7 Å². The molecule has 0 saturated heterocycles. The van der Waals surface area contributed by atoms with Gasteiger partial charge in [-0.1, -0.05) is 42.0 Å². The van der Waals surface area contributed by atoms with Gasteiger partial charge in [-0.3, -0.25) is 0 Å². The van der Waals surface area contributed by atoms with Gasteiger partial charge >= 0.3 is 0 Å². The molecule has 0 amide bonds. The summed E-state index contributed by atoms with van der Waals surface area (Å²) in [5.41, 5.74) is 6.97. The van der Waals surface area contributed by atoms with Crippen molar-refractivity contribution in [1.82, 2.24) is 0 Å². The number of benzene rings is 2. The van der Waals surface area contributed by atoms with Crippen LogP contribution in [0, 0.1) is 6.92 Å². The van der Waals surface area contributed by atoms with E-state index in [1.807, 2.05) is 0 Å². The molecule has 1 heterocycles. The van der Waals surface area contributed by atoms with Gasteiger partial charge in [0.05, 0.1) is 0 Å². The van der Waals surface area contributed by atoms with E-state index in [1.165, 1.54) is 40.8 Å². The molecule has 2 aromatic carbocycles. The maximum Gasteiger partial charge on any atom is 0.0372 e. The number of aryl methyl sites for hydroxylation is 2. The SMILES string of the molecule is Cc1cccc(Cc2ccc3c(c2)CCCN3)c1. The number of anilines is 1. The minimum Gasteiger partial charge on any atom is -0.385 e. The van der Waals surface area contributed by atoms with Crippen LogP contribution in [0.1, 0.15) is 28.7 Å². The van der Waals surface area contributed by atoms with E-state index in [1.54, 1.807) is 0 Å². The Morgan fingerprint density at radius 1 is 1.06 bits per heavy atom. The molecule has 0 fully saturated rings. The van der Waals surface area contributed by atoms with Crippen molar-refractivity contribution in [2.75, 3.05) is 11.9 Å². The summed E-state index contributed by atoms with van der Waals surface area (Å²) >= 11 is 0. The molecule has 0 aliphatic carbocycles. The number of hydrogen-bond acceptors (Lipinski definition) is 1. The maximum absolute atomic E-state index is 3.46. The number of hydrogen-bond donors (Lipinski definition) is 1. The van der Waals surface area contributed by atoms with Crippen LogP contribution in [-0.4, -0.2) is 6.54 Å². The molecule has 1 heteroatoms. The van der Waals surface area contributed by atoms with Crippen LogP contribution in [0.25, 0.3) is 0 Å². The Morgan fingerprint density at radius 3 is 2.83 bits per heavy atom. The second-order valence-electron chi connectivity index (χ2n) is 5.19. The molecule has 0 spiro atoms. The lowest BCUT2D eigenvalue weighted by atomic mass is 9.97. The molecule has 92 valence electrons. The predicted octanol–water partition coefficient (Wildman–Crippen LogP) is 3.94. The lowest BCUT2D eigenvalue weighted by Crippen LogP contribution is -2.11. The van der Waals surface area contributed by atoms with Crippen molar-refractivity contribution in [3.63, 3.8) is 0 Å². The molecule has 0 saturated carbocycles. The number of fused-ring (bicyclic) bond motifs is 1. The van der Waals surface area contributed by atoms with E-state index in [0.717, 1.165) is 13.0 Å². The van der Waals surface area contributed by atoms with Crippen molar-refractivity contribution >= 4 is 5.69 Å². The topological polar surface area (TPSA) is 12.0 Å². The number of nitrogens with one attached hydrogen (secondary N) is 1. The zero-order chi connectivity index (χ0) is 12.4. The Balaban J connectivity index is 1.85. The predicted molar refractivity (Wildman–Crippen MR) is 77.2 cm³/mol. The molecule has 0 atom stereocenters. The van der Waals surface area contributed by atoms with E-state index in [2.05, 4.69) is 54.7 Å². The first-order valence-electron chi connectivity index (χ1n) is 6.72. The summed E-state index contributed by atoms with van der Waals surface area (Å²) in [6, 6.07) is 15.6. The van der Waals surface area contributed by atoms with Crippen LogP contribution in [0.4, 0.5) is 5.69 Å². The molecule has 1 aliphatic rings. The van der Waals surface area contributed by atoms with E-state index in [-0.39, 0.29) is 0 Å². The summed E-state index contributed by atoms with van der Waals surface area (Å²) in [7, 11) is 0. The normalized spacial score (nSPS) is 13.8. The van der Waals surface area contributed by atoms with Gasteiger partial charge < -0.3 is 5.32 Å². The first kappa shape index (κ1) is 11.3. The highest BCUT2D eigenvalue weighted by Crippen LogP contribution is 2.24. The third-order valence-electron chi connectivity index (χ3n) is 3.60. The second-order valence-corrected chi connectivity index (χ2v) is 5.19. The van der Waals surface area contributed by atoms with Gasteiger partial charge in [0.15, 0.2) is 0 Å². The Bertz CT molecular complexity index is 557. The van der Waals surface area contributed by atoms with Gasteiger partial charge in [0.2, 0.25) is 0 Å². The van der Waals surface area contributed by atoms with Gasteiger partial charge in [0.25, 0.3) is 0 Å². The molecule has 2 aromatic rings. The molecular formula is C17H19N. The maximum atomic E-state index is 3.46. The molecule has 18 heavy (non-hydrogen) atoms. The third-order valence-corrected chi connectivity index (χ3v) is 3.60. The van der Waals surface area contributed by atoms with Crippen molar-refractivity contribution in [2.24, 2.45) is 0 Å². The standard InChI is InChI=1S/C17H19N/c1-13-4-2-5-14(10-13)11-15-7-8-17-16(12-15)6-3-9-18-17/h2,4-5,7-8,10,12,18H,3,6,9,11H2,1H3. The van der Waals surface area contributed by atoms with E-state index < -0.39 is 0 Å². The Hall–Kier alpha value is -1.76. The van der Waals surface area contributed by atoms with Crippen molar-refractivity contribution in [1.29, 1.82) is 0 Å². The molecular weight excluding hydrogens is 218 g/mol. The summed E-state index contributed by atoms with van der Waals surface area (Å²) < 4.78 is 0. The fourth-order valence-corrected chi connectivity index (χ4v) is 2.70. The molecule has 0 aromatic heterocycles. The van der Waals surface area contributed by atoms with Gasteiger partial charge in [-0.25, -0.2) is 0 Å². The summed E-state index contributed by atoms with van der Waals surface area (Å²) in [4.78, 5) is 0. The molecule has 0 radical (unpaired) electrons. The Labute approximate surface area is 109 Å². The minimum atomic E-state index is 1.04. The third kappa shape index (κ3) is 2.40. The molecule has 0 unspecified atom stereocenters. The summed E-state index contributed by atoms with van der Waals surface area (Å²) in [6.45, 7) is 3.27. The zero-order valence-corrected chi connectivity index (χ0v) is 10.9. The highest BCUT2D eigenvalue weighted by Gasteiger charge is 2.08. The van der Waals surface area contributed by atoms with Gasteiger partial charge in [-0.05, 0) is 48.9 Å². The monoisotopic (exact) mass is 237 g/mol. The van der Waals surface area contributed by atoms with Crippen LogP contribution in [0.15, 0.2) is 42.5 Å². The van der Waals surface area contributed by atoms with Gasteiger partial charge in [-0.2, -0.15) is 0 Å². The van der Waals surface area contributed by atoms with Crippen LogP contribution in [0.5, 0.6) is 0 Å². The van der Waals surface area contributed by atoms with Gasteiger partial charge in [-0.15, -0.1) is 0 Å². The molecule has 0 bridgehead atoms. The number of rotatable bonds is 2. The summed E-state index contributed by atoms with van der Waals surface area (Å²) in [6.07, 6.45) is 3.50. The molecule has 1 nitrogen and oxygen atoms in total. The fraction of sp³-hybridized carbons (Fsp3) is 0.294. The van der Waals surface area contributed by atoms with Crippen molar-refractivity contribution < 1.29 is 0 Å². The van der Waals surface area contributed by atoms with Crippen LogP contribution < -0.4 is 5.32 Å². The van der Waals surface area contributed by atoms with Crippen molar-refractivity contribution in [3.8, 4) is 0 Å². The highest BCUT2D eigenvalue weighted by atomic mass is 14.9. The highest BCUT2D eigenvalue weighted by molar-refractivity contribution is 5.54. The van der Waals surface area contributed by atoms with Crippen LogP contribution in [0.2, 0.25) is 0 Å². The average Bonchev–Trinajstić information content (AvgIpc) is 2.39. The quantitative estimate of drug-likeness (QED) is 0.834. The zero-order valence-electron chi connectivity index (χ0n) is 10.9. The van der Waals surface area contributed by atoms with Crippen LogP contribution in [0.3, 0.4) is 0 Å². The van der Waals surface area contributed by atoms with E-state index in [9.17, 15) is 0 Å². The molecule has 1 N–H and O–H groups in total. The van der Waals surface area contributed by atoms with Crippen LogP contribution in [-0.2, 0) is 12.8 Å². The van der Waals surface area contributed by atoms with Crippen molar-refractivity contribution in [2.45, 2.75) is 26.2 Å². The largest absolute Gasteiger partial charge is 0.385 e. The van der Waals surface area contributed by atoms with Gasteiger partial charge in [0, 0.05) is 12.2 Å². The fourth-order valence-electron chi connectivity index (χ4n) is 2.70. The lowest BCUT2D eigenvalue weighted by molar-refractivity contribution is 0.828. The van der Waals surface area contributed by atoms with E-state index >= 15 is 0 Å². The second kappa shape index (κ2) is 4.85. The Morgan fingerprint density at radius 2 is 1.94 bits per heavy atom. The summed E-state index contributed by atoms with van der Waals surface area (Å²) in [5.74, 6) is 0. The summed E-state index contributed by atoms with van der Waals surface area (Å²) in [5, 5.41) is 3.46.